The molecule has 7 heteroatoms. The molecule has 0 bridgehead atoms. The van der Waals surface area contributed by atoms with E-state index in [0.717, 1.165) is 25.7 Å². The number of aliphatic hydroxyl groups excluding tert-OH is 3. The Hall–Kier alpha value is -0.210. The molecule has 0 aromatic rings. The molecule has 1 saturated heterocycles. The van der Waals surface area contributed by atoms with E-state index in [-0.39, 0.29) is 5.25 Å². The van der Waals surface area contributed by atoms with Crippen molar-refractivity contribution in [3.8, 4) is 0 Å². The minimum atomic E-state index is -2.29. The minimum Gasteiger partial charge on any atom is -0.388 e. The molecule has 2 rings (SSSR count). The van der Waals surface area contributed by atoms with Gasteiger partial charge < -0.3 is 20.1 Å². The zero-order valence-electron chi connectivity index (χ0n) is 12.7. The van der Waals surface area contributed by atoms with Gasteiger partial charge in [0, 0.05) is 27.8 Å². The van der Waals surface area contributed by atoms with E-state index >= 15 is 0 Å². The van der Waals surface area contributed by atoms with Gasteiger partial charge in [0.05, 0.1) is 12.2 Å². The molecule has 2 fully saturated rings. The predicted molar refractivity (Wildman–Crippen MR) is 80.6 cm³/mol. The first-order chi connectivity index (χ1) is 9.89. The van der Waals surface area contributed by atoms with Crippen LogP contribution in [0.2, 0.25) is 0 Å². The van der Waals surface area contributed by atoms with Crippen LogP contribution in [0.5, 0.6) is 0 Å². The Kier molecular flexibility index (Phi) is 5.65. The number of ether oxygens (including phenoxy) is 1. The van der Waals surface area contributed by atoms with Crippen molar-refractivity contribution in [2.75, 3.05) is 12.8 Å². The first kappa shape index (κ1) is 17.1. The first-order valence-corrected chi connectivity index (χ1v) is 9.45. The summed E-state index contributed by atoms with van der Waals surface area (Å²) < 4.78 is 22.6. The summed E-state index contributed by atoms with van der Waals surface area (Å²) in [5.74, 6) is 0.366. The van der Waals surface area contributed by atoms with Gasteiger partial charge in [-0.25, -0.2) is 8.57 Å². The second kappa shape index (κ2) is 6.91. The molecule has 1 heterocycles. The van der Waals surface area contributed by atoms with Crippen molar-refractivity contribution in [1.29, 1.82) is 0 Å². The Morgan fingerprint density at radius 2 is 1.76 bits per heavy atom. The molecule has 0 amide bonds. The standard InChI is InChI=1S/C14H27NO5S/c1-9-12(16)14(18)13(17)11(20-9)7-8-21(19,15-2)10-5-3-4-6-10/h9-14,16-18H,3-8H2,1-2H3/t9?,11-,12-,13-,14-,21?/m1/s1. The van der Waals surface area contributed by atoms with E-state index in [1.165, 1.54) is 0 Å². The SMILES string of the molecule is CN=S(=O)(CC[C@H]1OC(C)[C@@H](O)[C@@H](O)[C@@H]1O)C1CCCC1. The highest BCUT2D eigenvalue weighted by Crippen LogP contribution is 2.29. The minimum absolute atomic E-state index is 0.135. The molecule has 0 spiro atoms. The Morgan fingerprint density at radius 1 is 1.14 bits per heavy atom. The molecule has 6 nitrogen and oxygen atoms in total. The molecule has 0 aromatic carbocycles. The van der Waals surface area contributed by atoms with Crippen LogP contribution in [-0.2, 0) is 14.5 Å². The number of aliphatic hydroxyl groups is 3. The van der Waals surface area contributed by atoms with Crippen LogP contribution < -0.4 is 0 Å². The van der Waals surface area contributed by atoms with Gasteiger partial charge in [0.2, 0.25) is 0 Å². The molecule has 21 heavy (non-hydrogen) atoms. The van der Waals surface area contributed by atoms with Crippen molar-refractivity contribution in [2.24, 2.45) is 4.36 Å². The van der Waals surface area contributed by atoms with Crippen molar-refractivity contribution in [2.45, 2.75) is 74.8 Å². The van der Waals surface area contributed by atoms with E-state index in [4.69, 9.17) is 4.74 Å². The fourth-order valence-corrected chi connectivity index (χ4v) is 5.78. The van der Waals surface area contributed by atoms with Gasteiger partial charge in [0.15, 0.2) is 0 Å². The summed E-state index contributed by atoms with van der Waals surface area (Å²) in [5.41, 5.74) is 0. The van der Waals surface area contributed by atoms with E-state index < -0.39 is 40.2 Å². The van der Waals surface area contributed by atoms with E-state index in [2.05, 4.69) is 4.36 Å². The third-order valence-corrected chi connectivity index (χ3v) is 7.73. The first-order valence-electron chi connectivity index (χ1n) is 7.70. The fraction of sp³-hybridized carbons (Fsp3) is 1.00. The molecule has 2 aliphatic rings. The zero-order chi connectivity index (χ0) is 15.6. The van der Waals surface area contributed by atoms with Gasteiger partial charge in [-0.1, -0.05) is 12.8 Å². The van der Waals surface area contributed by atoms with Gasteiger partial charge in [0.1, 0.15) is 18.3 Å². The van der Waals surface area contributed by atoms with Gasteiger partial charge in [-0.3, -0.25) is 0 Å². The lowest BCUT2D eigenvalue weighted by Crippen LogP contribution is -2.56. The Morgan fingerprint density at radius 3 is 2.33 bits per heavy atom. The Labute approximate surface area is 126 Å². The van der Waals surface area contributed by atoms with Crippen LogP contribution in [0, 0.1) is 0 Å². The van der Waals surface area contributed by atoms with Crippen LogP contribution in [0.1, 0.15) is 39.0 Å². The lowest BCUT2D eigenvalue weighted by atomic mass is 9.94. The molecule has 3 N–H and O–H groups in total. The Balaban J connectivity index is 1.99. The average molecular weight is 321 g/mol. The normalized spacial score (nSPS) is 40.9. The number of rotatable bonds is 4. The maximum absolute atomic E-state index is 12.9. The highest BCUT2D eigenvalue weighted by atomic mass is 32.2. The molecule has 1 saturated carbocycles. The van der Waals surface area contributed by atoms with Crippen molar-refractivity contribution < 1.29 is 24.3 Å². The van der Waals surface area contributed by atoms with Crippen molar-refractivity contribution in [1.82, 2.24) is 0 Å². The number of nitrogens with zero attached hydrogens (tertiary/aromatic N) is 1. The molecule has 0 radical (unpaired) electrons. The van der Waals surface area contributed by atoms with Crippen molar-refractivity contribution >= 4 is 9.73 Å². The maximum Gasteiger partial charge on any atom is 0.111 e. The van der Waals surface area contributed by atoms with Crippen LogP contribution in [0.3, 0.4) is 0 Å². The van der Waals surface area contributed by atoms with Gasteiger partial charge in [-0.2, -0.15) is 0 Å². The molecule has 0 aromatic heterocycles. The van der Waals surface area contributed by atoms with E-state index in [1.54, 1.807) is 14.0 Å². The van der Waals surface area contributed by atoms with Crippen LogP contribution in [0.15, 0.2) is 4.36 Å². The molecule has 1 aliphatic carbocycles. The van der Waals surface area contributed by atoms with Crippen LogP contribution in [-0.4, -0.2) is 68.1 Å². The molecule has 124 valence electrons. The summed E-state index contributed by atoms with van der Waals surface area (Å²) in [4.78, 5) is 0. The third kappa shape index (κ3) is 3.59. The van der Waals surface area contributed by atoms with Crippen molar-refractivity contribution in [3.63, 3.8) is 0 Å². The third-order valence-electron chi connectivity index (χ3n) is 4.78. The van der Waals surface area contributed by atoms with Gasteiger partial charge in [-0.15, -0.1) is 0 Å². The highest BCUT2D eigenvalue weighted by molar-refractivity contribution is 7.94. The van der Waals surface area contributed by atoms with E-state index in [0.29, 0.717) is 12.2 Å². The van der Waals surface area contributed by atoms with Crippen LogP contribution in [0.25, 0.3) is 0 Å². The average Bonchev–Trinajstić information content (AvgIpc) is 3.02. The lowest BCUT2D eigenvalue weighted by molar-refractivity contribution is -0.217. The molecule has 2 unspecified atom stereocenters. The number of hydrogen-bond donors (Lipinski definition) is 3. The summed E-state index contributed by atoms with van der Waals surface area (Å²) in [6.07, 6.45) is -0.154. The zero-order valence-corrected chi connectivity index (χ0v) is 13.5. The molecular weight excluding hydrogens is 294 g/mol. The number of hydrogen-bond acceptors (Lipinski definition) is 6. The topological polar surface area (TPSA) is 99.4 Å². The largest absolute Gasteiger partial charge is 0.388 e. The van der Waals surface area contributed by atoms with E-state index in [1.807, 2.05) is 0 Å². The highest BCUT2D eigenvalue weighted by Gasteiger charge is 2.42. The van der Waals surface area contributed by atoms with E-state index in [9.17, 15) is 19.5 Å². The van der Waals surface area contributed by atoms with Crippen LogP contribution in [0.4, 0.5) is 0 Å². The van der Waals surface area contributed by atoms with Gasteiger partial charge in [-0.05, 0) is 26.2 Å². The van der Waals surface area contributed by atoms with Crippen molar-refractivity contribution in [3.05, 3.63) is 0 Å². The molecule has 6 atom stereocenters. The van der Waals surface area contributed by atoms with Crippen LogP contribution >= 0.6 is 0 Å². The molecular formula is C14H27NO5S. The van der Waals surface area contributed by atoms with Gasteiger partial charge in [0.25, 0.3) is 0 Å². The summed E-state index contributed by atoms with van der Waals surface area (Å²) in [6.45, 7) is 1.66. The second-order valence-corrected chi connectivity index (χ2v) is 8.94. The fourth-order valence-electron chi connectivity index (χ4n) is 3.32. The summed E-state index contributed by atoms with van der Waals surface area (Å²) >= 11 is 0. The summed E-state index contributed by atoms with van der Waals surface area (Å²) in [5, 5.41) is 29.6. The Bertz CT molecular complexity index is 456. The monoisotopic (exact) mass is 321 g/mol. The maximum atomic E-state index is 12.9. The second-order valence-electron chi connectivity index (χ2n) is 6.12. The molecule has 1 aliphatic heterocycles. The summed E-state index contributed by atoms with van der Waals surface area (Å²) in [7, 11) is -0.690. The quantitative estimate of drug-likeness (QED) is 0.691. The van der Waals surface area contributed by atoms with Gasteiger partial charge >= 0.3 is 0 Å². The summed E-state index contributed by atoms with van der Waals surface area (Å²) in [6, 6.07) is 0. The lowest BCUT2D eigenvalue weighted by Gasteiger charge is -2.39. The smallest absolute Gasteiger partial charge is 0.111 e. The predicted octanol–water partition coefficient (Wildman–Crippen LogP) is 0.287.